The van der Waals surface area contributed by atoms with Crippen LogP contribution in [0.4, 0.5) is 0 Å². The SMILES string of the molecule is COC(=O)C[C@H](c1ccc(O)c(OC)c1)c1c(O)cc(C)n(CCc2ccc(O)cc2)c1=O. The average molecular weight is 453 g/mol. The van der Waals surface area contributed by atoms with E-state index >= 15 is 0 Å². The molecule has 2 aromatic carbocycles. The second-order valence-electron chi connectivity index (χ2n) is 7.72. The van der Waals surface area contributed by atoms with Crippen molar-refractivity contribution in [3.8, 4) is 23.0 Å². The van der Waals surface area contributed by atoms with Crippen molar-refractivity contribution in [3.05, 3.63) is 81.3 Å². The van der Waals surface area contributed by atoms with Crippen LogP contribution in [0.15, 0.2) is 53.3 Å². The molecular formula is C25H27NO7. The number of aromatic nitrogens is 1. The molecule has 8 heteroatoms. The molecule has 0 fully saturated rings. The molecule has 174 valence electrons. The topological polar surface area (TPSA) is 118 Å². The van der Waals surface area contributed by atoms with Gasteiger partial charge in [-0.2, -0.15) is 0 Å². The Kier molecular flexibility index (Phi) is 7.27. The van der Waals surface area contributed by atoms with Gasteiger partial charge in [-0.25, -0.2) is 0 Å². The Morgan fingerprint density at radius 3 is 2.33 bits per heavy atom. The van der Waals surface area contributed by atoms with Gasteiger partial charge in [-0.3, -0.25) is 9.59 Å². The summed E-state index contributed by atoms with van der Waals surface area (Å²) in [6.07, 6.45) is 0.341. The lowest BCUT2D eigenvalue weighted by atomic mass is 9.88. The van der Waals surface area contributed by atoms with E-state index in [2.05, 4.69) is 0 Å². The van der Waals surface area contributed by atoms with Gasteiger partial charge in [0.1, 0.15) is 11.5 Å². The summed E-state index contributed by atoms with van der Waals surface area (Å²) in [6.45, 7) is 2.06. The van der Waals surface area contributed by atoms with Crippen LogP contribution in [0.25, 0.3) is 0 Å². The molecule has 0 radical (unpaired) electrons. The molecule has 0 saturated carbocycles. The lowest BCUT2D eigenvalue weighted by Crippen LogP contribution is -2.29. The Bertz CT molecular complexity index is 1200. The number of aromatic hydroxyl groups is 3. The van der Waals surface area contributed by atoms with Crippen LogP contribution in [0.1, 0.15) is 34.7 Å². The summed E-state index contributed by atoms with van der Waals surface area (Å²) in [5, 5.41) is 30.2. The van der Waals surface area contributed by atoms with Gasteiger partial charge in [0.05, 0.1) is 26.2 Å². The highest BCUT2D eigenvalue weighted by Gasteiger charge is 2.27. The number of hydrogen-bond donors (Lipinski definition) is 3. The second kappa shape index (κ2) is 10.1. The number of nitrogens with zero attached hydrogens (tertiary/aromatic N) is 1. The fourth-order valence-electron chi connectivity index (χ4n) is 3.83. The average Bonchev–Trinajstić information content (AvgIpc) is 2.79. The molecule has 1 atom stereocenters. The molecule has 3 aromatic rings. The molecule has 0 saturated heterocycles. The molecule has 0 aliphatic carbocycles. The van der Waals surface area contributed by atoms with E-state index in [1.807, 2.05) is 0 Å². The monoisotopic (exact) mass is 453 g/mol. The Balaban J connectivity index is 2.07. The molecule has 0 amide bonds. The zero-order chi connectivity index (χ0) is 24.1. The van der Waals surface area contributed by atoms with E-state index in [-0.39, 0.29) is 35.0 Å². The van der Waals surface area contributed by atoms with Gasteiger partial charge in [0.15, 0.2) is 11.5 Å². The molecule has 0 aliphatic heterocycles. The number of methoxy groups -OCH3 is 2. The molecule has 1 aromatic heterocycles. The summed E-state index contributed by atoms with van der Waals surface area (Å²) in [5.41, 5.74) is 1.65. The normalized spacial score (nSPS) is 11.7. The van der Waals surface area contributed by atoms with Crippen LogP contribution in [-0.4, -0.2) is 40.1 Å². The van der Waals surface area contributed by atoms with Crippen molar-refractivity contribution in [2.45, 2.75) is 32.2 Å². The van der Waals surface area contributed by atoms with E-state index in [1.165, 1.54) is 32.4 Å². The van der Waals surface area contributed by atoms with Gasteiger partial charge in [0.2, 0.25) is 0 Å². The number of aryl methyl sites for hydroxylation is 2. The van der Waals surface area contributed by atoms with Crippen LogP contribution < -0.4 is 10.3 Å². The van der Waals surface area contributed by atoms with Gasteiger partial charge in [-0.15, -0.1) is 0 Å². The molecule has 3 N–H and O–H groups in total. The Hall–Kier alpha value is -3.94. The molecule has 0 spiro atoms. The minimum absolute atomic E-state index is 0.0597. The summed E-state index contributed by atoms with van der Waals surface area (Å²) in [6, 6.07) is 12.7. The van der Waals surface area contributed by atoms with E-state index in [4.69, 9.17) is 9.47 Å². The van der Waals surface area contributed by atoms with Crippen molar-refractivity contribution in [1.29, 1.82) is 0 Å². The number of rotatable bonds is 8. The first-order valence-corrected chi connectivity index (χ1v) is 10.4. The van der Waals surface area contributed by atoms with E-state index < -0.39 is 17.4 Å². The number of carbonyl (C=O) groups is 1. The van der Waals surface area contributed by atoms with Gasteiger partial charge >= 0.3 is 5.97 Å². The number of esters is 1. The maximum Gasteiger partial charge on any atom is 0.306 e. The third-order valence-corrected chi connectivity index (χ3v) is 5.64. The highest BCUT2D eigenvalue weighted by molar-refractivity contribution is 5.71. The molecule has 33 heavy (non-hydrogen) atoms. The molecular weight excluding hydrogens is 426 g/mol. The quantitative estimate of drug-likeness (QED) is 0.448. The lowest BCUT2D eigenvalue weighted by molar-refractivity contribution is -0.140. The molecule has 0 aliphatic rings. The van der Waals surface area contributed by atoms with E-state index in [9.17, 15) is 24.9 Å². The van der Waals surface area contributed by atoms with Gasteiger partial charge in [0.25, 0.3) is 5.56 Å². The van der Waals surface area contributed by atoms with E-state index in [0.29, 0.717) is 24.2 Å². The molecule has 1 heterocycles. The maximum atomic E-state index is 13.5. The van der Waals surface area contributed by atoms with Crippen molar-refractivity contribution in [2.24, 2.45) is 0 Å². The van der Waals surface area contributed by atoms with Crippen molar-refractivity contribution in [3.63, 3.8) is 0 Å². The summed E-state index contributed by atoms with van der Waals surface area (Å²) in [7, 11) is 2.65. The molecule has 8 nitrogen and oxygen atoms in total. The van der Waals surface area contributed by atoms with Crippen molar-refractivity contribution < 1.29 is 29.6 Å². The summed E-state index contributed by atoms with van der Waals surface area (Å²) >= 11 is 0. The smallest absolute Gasteiger partial charge is 0.306 e. The van der Waals surface area contributed by atoms with Crippen LogP contribution in [-0.2, 0) is 22.5 Å². The van der Waals surface area contributed by atoms with Crippen LogP contribution in [0.3, 0.4) is 0 Å². The summed E-state index contributed by atoms with van der Waals surface area (Å²) < 4.78 is 11.5. The predicted molar refractivity (Wildman–Crippen MR) is 122 cm³/mol. The summed E-state index contributed by atoms with van der Waals surface area (Å²) in [4.78, 5) is 25.7. The number of hydrogen-bond acceptors (Lipinski definition) is 7. The fraction of sp³-hybridized carbons (Fsp3) is 0.280. The lowest BCUT2D eigenvalue weighted by Gasteiger charge is -2.21. The van der Waals surface area contributed by atoms with Crippen molar-refractivity contribution in [1.82, 2.24) is 4.57 Å². The number of ether oxygens (including phenoxy) is 2. The Morgan fingerprint density at radius 1 is 1.00 bits per heavy atom. The fourth-order valence-corrected chi connectivity index (χ4v) is 3.83. The Labute approximate surface area is 191 Å². The van der Waals surface area contributed by atoms with Crippen LogP contribution in [0.5, 0.6) is 23.0 Å². The standard InChI is InChI=1S/C25H27NO7/c1-15-12-21(29)24(25(31)26(15)11-10-16-4-7-18(27)8-5-16)19(14-23(30)33-3)17-6-9-20(28)22(13-17)32-2/h4-9,12-13,19,27-29H,10-11,14H2,1-3H3/t19-/m1/s1. The van der Waals surface area contributed by atoms with Gasteiger partial charge in [-0.05, 0) is 54.8 Å². The van der Waals surface area contributed by atoms with Gasteiger partial charge < -0.3 is 29.4 Å². The molecule has 0 unspecified atom stereocenters. The first-order valence-electron chi connectivity index (χ1n) is 10.4. The minimum Gasteiger partial charge on any atom is -0.508 e. The van der Waals surface area contributed by atoms with Crippen LogP contribution in [0.2, 0.25) is 0 Å². The Morgan fingerprint density at radius 2 is 1.70 bits per heavy atom. The first kappa shape index (κ1) is 23.7. The highest BCUT2D eigenvalue weighted by atomic mass is 16.5. The molecule has 3 rings (SSSR count). The number of phenols is 2. The third kappa shape index (κ3) is 5.28. The molecule has 0 bridgehead atoms. The predicted octanol–water partition coefficient (Wildman–Crippen LogP) is 3.22. The first-order chi connectivity index (χ1) is 15.7. The van der Waals surface area contributed by atoms with Gasteiger partial charge in [0, 0.05) is 18.2 Å². The van der Waals surface area contributed by atoms with Crippen LogP contribution in [0, 0.1) is 6.92 Å². The zero-order valence-electron chi connectivity index (χ0n) is 18.7. The summed E-state index contributed by atoms with van der Waals surface area (Å²) in [5.74, 6) is -1.34. The van der Waals surface area contributed by atoms with Gasteiger partial charge in [-0.1, -0.05) is 18.2 Å². The number of phenolic OH excluding ortho intramolecular Hbond substituents is 2. The van der Waals surface area contributed by atoms with Crippen molar-refractivity contribution >= 4 is 5.97 Å². The van der Waals surface area contributed by atoms with E-state index in [1.54, 1.807) is 41.8 Å². The second-order valence-corrected chi connectivity index (χ2v) is 7.72. The number of benzene rings is 2. The van der Waals surface area contributed by atoms with Crippen LogP contribution >= 0.6 is 0 Å². The maximum absolute atomic E-state index is 13.5. The van der Waals surface area contributed by atoms with Crippen molar-refractivity contribution in [2.75, 3.05) is 14.2 Å². The minimum atomic E-state index is -0.819. The largest absolute Gasteiger partial charge is 0.508 e. The number of pyridine rings is 1. The van der Waals surface area contributed by atoms with E-state index in [0.717, 1.165) is 5.56 Å². The highest BCUT2D eigenvalue weighted by Crippen LogP contribution is 2.36. The third-order valence-electron chi connectivity index (χ3n) is 5.64. The number of carbonyl (C=O) groups excluding carboxylic acids is 1. The zero-order valence-corrected chi connectivity index (χ0v) is 18.7.